The number of ether oxygens (including phenoxy) is 2. The Labute approximate surface area is 158 Å². The second-order valence-corrected chi connectivity index (χ2v) is 9.81. The standard InChI is InChI=1S/C17H14F5NO2SSe/c1-24-12-5-8-16(25-2)14(9-12)15-10-27-17(23-15)11-3-6-13(7-4-11)26(18,19,20,21)22/h3-10H,1-2H3. The van der Waals surface area contributed by atoms with Crippen molar-refractivity contribution in [3.63, 3.8) is 0 Å². The van der Waals surface area contributed by atoms with Crippen LogP contribution in [0.4, 0.5) is 19.4 Å². The molecule has 0 radical (unpaired) electrons. The summed E-state index contributed by atoms with van der Waals surface area (Å²) in [4.78, 5) is 4.39. The van der Waals surface area contributed by atoms with E-state index in [2.05, 4.69) is 4.98 Å². The van der Waals surface area contributed by atoms with Crippen molar-refractivity contribution in [2.45, 2.75) is 4.90 Å². The zero-order valence-corrected chi connectivity index (χ0v) is 16.6. The van der Waals surface area contributed by atoms with Gasteiger partial charge in [0.15, 0.2) is 0 Å². The topological polar surface area (TPSA) is 31.4 Å². The van der Waals surface area contributed by atoms with Crippen molar-refractivity contribution in [1.29, 1.82) is 0 Å². The predicted octanol–water partition coefficient (Wildman–Crippen LogP) is 6.15. The van der Waals surface area contributed by atoms with Crippen molar-refractivity contribution in [2.75, 3.05) is 14.2 Å². The number of methoxy groups -OCH3 is 2. The number of benzene rings is 2. The van der Waals surface area contributed by atoms with Gasteiger partial charge in [-0.2, -0.15) is 0 Å². The quantitative estimate of drug-likeness (QED) is 0.331. The normalized spacial score (nSPS) is 14.3. The maximum atomic E-state index is 12.8. The molecule has 0 fully saturated rings. The molecule has 0 aliphatic carbocycles. The molecule has 0 atom stereocenters. The first-order valence-corrected chi connectivity index (χ1v) is 11.2. The third-order valence-corrected chi connectivity index (χ3v) is 6.77. The van der Waals surface area contributed by atoms with Crippen LogP contribution in [0, 0.1) is 0 Å². The van der Waals surface area contributed by atoms with E-state index in [0.717, 1.165) is 12.1 Å². The van der Waals surface area contributed by atoms with Crippen molar-refractivity contribution < 1.29 is 28.9 Å². The van der Waals surface area contributed by atoms with E-state index in [0.29, 0.717) is 45.0 Å². The van der Waals surface area contributed by atoms with E-state index in [9.17, 15) is 19.4 Å². The van der Waals surface area contributed by atoms with Gasteiger partial charge in [-0.25, -0.2) is 0 Å². The second kappa shape index (κ2) is 5.98. The van der Waals surface area contributed by atoms with Gasteiger partial charge in [-0.3, -0.25) is 0 Å². The van der Waals surface area contributed by atoms with Gasteiger partial charge in [-0.1, -0.05) is 0 Å². The molecular weight excluding hydrogens is 456 g/mol. The number of aromatic nitrogens is 1. The van der Waals surface area contributed by atoms with Crippen LogP contribution in [0.15, 0.2) is 52.3 Å². The average Bonchev–Trinajstić information content (AvgIpc) is 3.09. The molecule has 1 aromatic heterocycles. The molecular formula is C17H14F5NO2SSe. The fourth-order valence-electron chi connectivity index (χ4n) is 2.40. The molecule has 146 valence electrons. The molecule has 0 aliphatic rings. The molecule has 0 bridgehead atoms. The van der Waals surface area contributed by atoms with Crippen LogP contribution in [0.2, 0.25) is 0 Å². The first kappa shape index (κ1) is 19.7. The van der Waals surface area contributed by atoms with Gasteiger partial charge in [-0.15, -0.1) is 0 Å². The third kappa shape index (κ3) is 4.28. The predicted molar refractivity (Wildman–Crippen MR) is 96.6 cm³/mol. The van der Waals surface area contributed by atoms with Gasteiger partial charge in [-0.05, 0) is 0 Å². The Morgan fingerprint density at radius 1 is 0.889 bits per heavy atom. The Balaban J connectivity index is 1.98. The van der Waals surface area contributed by atoms with Crippen molar-refractivity contribution in [2.24, 2.45) is 0 Å². The van der Waals surface area contributed by atoms with Crippen LogP contribution in [0.25, 0.3) is 21.4 Å². The molecule has 2 aromatic carbocycles. The number of hydrogen-bond donors (Lipinski definition) is 0. The number of hydrogen-bond acceptors (Lipinski definition) is 3. The SMILES string of the molecule is COc1ccc(OC)c(-c2c[se]c(-c3ccc(S(F)(F)(F)(F)F)cc3)n2)c1. The van der Waals surface area contributed by atoms with E-state index >= 15 is 0 Å². The maximum absolute atomic E-state index is 12.8. The van der Waals surface area contributed by atoms with E-state index in [1.54, 1.807) is 18.2 Å². The third-order valence-electron chi connectivity index (χ3n) is 3.73. The average molecular weight is 470 g/mol. The first-order chi connectivity index (χ1) is 12.4. The molecule has 3 aromatic rings. The minimum absolute atomic E-state index is 0.264. The van der Waals surface area contributed by atoms with Crippen molar-refractivity contribution in [3.05, 3.63) is 47.4 Å². The van der Waals surface area contributed by atoms with Crippen LogP contribution in [0.5, 0.6) is 11.5 Å². The molecule has 0 amide bonds. The Morgan fingerprint density at radius 2 is 1.56 bits per heavy atom. The Hall–Kier alpha value is -2.03. The monoisotopic (exact) mass is 471 g/mol. The van der Waals surface area contributed by atoms with Crippen LogP contribution in [-0.4, -0.2) is 33.7 Å². The molecule has 1 heterocycles. The van der Waals surface area contributed by atoms with Crippen LogP contribution in [0.3, 0.4) is 0 Å². The molecule has 10 heteroatoms. The molecule has 3 nitrogen and oxygen atoms in total. The van der Waals surface area contributed by atoms with E-state index in [1.165, 1.54) is 14.2 Å². The van der Waals surface area contributed by atoms with Gasteiger partial charge < -0.3 is 0 Å². The summed E-state index contributed by atoms with van der Waals surface area (Å²) in [6.45, 7) is 0. The van der Waals surface area contributed by atoms with Crippen molar-refractivity contribution in [1.82, 2.24) is 4.98 Å². The second-order valence-electron chi connectivity index (χ2n) is 5.60. The van der Waals surface area contributed by atoms with Gasteiger partial charge in [0.25, 0.3) is 0 Å². The molecule has 0 unspecified atom stereocenters. The summed E-state index contributed by atoms with van der Waals surface area (Å²) in [5.41, 5.74) is 1.64. The van der Waals surface area contributed by atoms with Gasteiger partial charge in [0.05, 0.1) is 0 Å². The minimum atomic E-state index is -9.67. The van der Waals surface area contributed by atoms with Gasteiger partial charge in [0.1, 0.15) is 0 Å². The molecule has 0 aliphatic heterocycles. The summed E-state index contributed by atoms with van der Waals surface area (Å²) in [5, 5.41) is 0. The Bertz CT molecular complexity index is 988. The summed E-state index contributed by atoms with van der Waals surface area (Å²) < 4.78 is 75.2. The summed E-state index contributed by atoms with van der Waals surface area (Å²) in [7, 11) is -6.64. The fraction of sp³-hybridized carbons (Fsp3) is 0.118. The molecule has 0 N–H and O–H groups in total. The summed E-state index contributed by atoms with van der Waals surface area (Å²) in [6, 6.07) is 8.04. The van der Waals surface area contributed by atoms with Crippen LogP contribution in [-0.2, 0) is 0 Å². The summed E-state index contributed by atoms with van der Waals surface area (Å²) in [5.74, 6) is 1.17. The van der Waals surface area contributed by atoms with Gasteiger partial charge in [0, 0.05) is 0 Å². The summed E-state index contributed by atoms with van der Waals surface area (Å²) in [6.07, 6.45) is 0. The zero-order valence-electron chi connectivity index (χ0n) is 14.1. The molecule has 0 saturated heterocycles. The Morgan fingerprint density at radius 3 is 2.11 bits per heavy atom. The van der Waals surface area contributed by atoms with Crippen LogP contribution >= 0.6 is 10.2 Å². The number of nitrogens with zero attached hydrogens (tertiary/aromatic N) is 1. The fourth-order valence-corrected chi connectivity index (χ4v) is 4.78. The van der Waals surface area contributed by atoms with E-state index in [-0.39, 0.29) is 14.5 Å². The summed E-state index contributed by atoms with van der Waals surface area (Å²) >= 11 is -0.264. The van der Waals surface area contributed by atoms with E-state index in [4.69, 9.17) is 9.47 Å². The zero-order chi connectivity index (χ0) is 19.9. The van der Waals surface area contributed by atoms with Crippen LogP contribution in [0.1, 0.15) is 0 Å². The van der Waals surface area contributed by atoms with E-state index in [1.807, 2.05) is 4.94 Å². The van der Waals surface area contributed by atoms with Gasteiger partial charge >= 0.3 is 158 Å². The van der Waals surface area contributed by atoms with Gasteiger partial charge in [0.2, 0.25) is 0 Å². The van der Waals surface area contributed by atoms with Crippen molar-refractivity contribution in [3.8, 4) is 32.9 Å². The molecule has 3 rings (SSSR count). The number of halogens is 5. The van der Waals surface area contributed by atoms with Crippen LogP contribution < -0.4 is 9.47 Å². The molecule has 27 heavy (non-hydrogen) atoms. The first-order valence-electron chi connectivity index (χ1n) is 7.44. The van der Waals surface area contributed by atoms with E-state index < -0.39 is 15.1 Å². The molecule has 0 spiro atoms. The van der Waals surface area contributed by atoms with Crippen molar-refractivity contribution >= 4 is 24.7 Å². The molecule has 0 saturated carbocycles. The number of rotatable bonds is 5. The Kier molecular flexibility index (Phi) is 4.37.